The highest BCUT2D eigenvalue weighted by atomic mass is 35.5. The van der Waals surface area contributed by atoms with Crippen molar-refractivity contribution in [1.82, 2.24) is 5.32 Å². The molecule has 2 aromatic rings. The smallest absolute Gasteiger partial charge is 0.251 e. The summed E-state index contributed by atoms with van der Waals surface area (Å²) in [5.41, 5.74) is 3.33. The topological polar surface area (TPSA) is 29.1 Å². The van der Waals surface area contributed by atoms with Gasteiger partial charge < -0.3 is 5.32 Å². The molecule has 0 saturated heterocycles. The highest BCUT2D eigenvalue weighted by molar-refractivity contribution is 6.30. The molecule has 0 bridgehead atoms. The summed E-state index contributed by atoms with van der Waals surface area (Å²) in [6, 6.07) is 15.5. The van der Waals surface area contributed by atoms with Gasteiger partial charge in [0.2, 0.25) is 0 Å². The van der Waals surface area contributed by atoms with Crippen LogP contribution in [0.2, 0.25) is 5.02 Å². The second-order valence-corrected chi connectivity index (χ2v) is 5.29. The molecule has 0 unspecified atom stereocenters. The minimum Gasteiger partial charge on any atom is -0.349 e. The third-order valence-corrected chi connectivity index (χ3v) is 3.74. The zero-order chi connectivity index (χ0) is 13.2. The molecule has 1 N–H and O–H groups in total. The summed E-state index contributed by atoms with van der Waals surface area (Å²) < 4.78 is 0. The number of hydrogen-bond acceptors (Lipinski definition) is 1. The lowest BCUT2D eigenvalue weighted by atomic mass is 10.1. The lowest BCUT2D eigenvalue weighted by molar-refractivity contribution is 0.0938. The Morgan fingerprint density at radius 1 is 1.00 bits per heavy atom. The number of carbonyl (C=O) groups is 1. The number of benzene rings is 2. The van der Waals surface area contributed by atoms with E-state index in [0.29, 0.717) is 10.6 Å². The van der Waals surface area contributed by atoms with E-state index in [2.05, 4.69) is 17.4 Å². The molecule has 0 heterocycles. The summed E-state index contributed by atoms with van der Waals surface area (Å²) in [5, 5.41) is 3.72. The van der Waals surface area contributed by atoms with Gasteiger partial charge in [0.05, 0.1) is 0 Å². The van der Waals surface area contributed by atoms with Gasteiger partial charge in [0.1, 0.15) is 0 Å². The quantitative estimate of drug-likeness (QED) is 0.893. The highest BCUT2D eigenvalue weighted by Crippen LogP contribution is 2.22. The zero-order valence-corrected chi connectivity index (χ0v) is 11.2. The Bertz CT molecular complexity index is 581. The molecule has 2 aromatic carbocycles. The van der Waals surface area contributed by atoms with Gasteiger partial charge in [0.15, 0.2) is 0 Å². The van der Waals surface area contributed by atoms with Gasteiger partial charge in [-0.25, -0.2) is 0 Å². The monoisotopic (exact) mass is 271 g/mol. The SMILES string of the molecule is O=C(NC1Cc2ccccc2C1)c1ccc(Cl)cc1. The summed E-state index contributed by atoms with van der Waals surface area (Å²) >= 11 is 5.82. The molecule has 0 atom stereocenters. The first-order valence-corrected chi connectivity index (χ1v) is 6.73. The molecule has 96 valence electrons. The van der Waals surface area contributed by atoms with Crippen LogP contribution in [0.1, 0.15) is 21.5 Å². The molecule has 0 fully saturated rings. The number of carbonyl (C=O) groups excluding carboxylic acids is 1. The Kier molecular flexibility index (Phi) is 3.26. The van der Waals surface area contributed by atoms with E-state index in [-0.39, 0.29) is 11.9 Å². The Hall–Kier alpha value is -1.80. The van der Waals surface area contributed by atoms with Gasteiger partial charge in [-0.2, -0.15) is 0 Å². The fourth-order valence-corrected chi connectivity index (χ4v) is 2.66. The van der Waals surface area contributed by atoms with E-state index < -0.39 is 0 Å². The largest absolute Gasteiger partial charge is 0.349 e. The summed E-state index contributed by atoms with van der Waals surface area (Å²) in [6.07, 6.45) is 1.82. The number of halogens is 1. The van der Waals surface area contributed by atoms with Crippen molar-refractivity contribution in [2.24, 2.45) is 0 Å². The van der Waals surface area contributed by atoms with Crippen molar-refractivity contribution in [2.45, 2.75) is 18.9 Å². The number of hydrogen-bond donors (Lipinski definition) is 1. The molecular formula is C16H14ClNO. The van der Waals surface area contributed by atoms with Gasteiger partial charge in [-0.1, -0.05) is 35.9 Å². The van der Waals surface area contributed by atoms with Crippen molar-refractivity contribution >= 4 is 17.5 Å². The molecule has 1 aliphatic carbocycles. The third-order valence-electron chi connectivity index (χ3n) is 3.49. The van der Waals surface area contributed by atoms with Crippen molar-refractivity contribution in [2.75, 3.05) is 0 Å². The number of amides is 1. The van der Waals surface area contributed by atoms with Crippen LogP contribution in [0.3, 0.4) is 0 Å². The predicted octanol–water partition coefficient (Wildman–Crippen LogP) is 3.24. The lowest BCUT2D eigenvalue weighted by Crippen LogP contribution is -2.35. The van der Waals surface area contributed by atoms with Crippen molar-refractivity contribution in [3.8, 4) is 0 Å². The maximum absolute atomic E-state index is 12.1. The Morgan fingerprint density at radius 2 is 1.58 bits per heavy atom. The molecule has 0 aliphatic heterocycles. The van der Waals surface area contributed by atoms with Crippen LogP contribution in [0.15, 0.2) is 48.5 Å². The van der Waals surface area contributed by atoms with Crippen molar-refractivity contribution in [3.63, 3.8) is 0 Å². The first-order chi connectivity index (χ1) is 9.22. The van der Waals surface area contributed by atoms with Crippen LogP contribution >= 0.6 is 11.6 Å². The van der Waals surface area contributed by atoms with Gasteiger partial charge in [0.25, 0.3) is 5.91 Å². The van der Waals surface area contributed by atoms with E-state index in [9.17, 15) is 4.79 Å². The molecule has 1 amide bonds. The lowest BCUT2D eigenvalue weighted by Gasteiger charge is -2.12. The zero-order valence-electron chi connectivity index (χ0n) is 10.4. The van der Waals surface area contributed by atoms with E-state index in [0.717, 1.165) is 12.8 Å². The minimum absolute atomic E-state index is 0.0329. The van der Waals surface area contributed by atoms with Crippen LogP contribution in [0.5, 0.6) is 0 Å². The number of nitrogens with one attached hydrogen (secondary N) is 1. The molecule has 2 nitrogen and oxygen atoms in total. The fraction of sp³-hybridized carbons (Fsp3) is 0.188. The maximum Gasteiger partial charge on any atom is 0.251 e. The second-order valence-electron chi connectivity index (χ2n) is 4.85. The average molecular weight is 272 g/mol. The molecule has 1 aliphatic rings. The van der Waals surface area contributed by atoms with Crippen LogP contribution in [0.25, 0.3) is 0 Å². The standard InChI is InChI=1S/C16H14ClNO/c17-14-7-5-11(6-8-14)16(19)18-15-9-12-3-1-2-4-13(12)10-15/h1-8,15H,9-10H2,(H,18,19). The van der Waals surface area contributed by atoms with Gasteiger partial charge in [0, 0.05) is 16.6 Å². The second kappa shape index (κ2) is 5.06. The number of fused-ring (bicyclic) bond motifs is 1. The first kappa shape index (κ1) is 12.2. The Morgan fingerprint density at radius 3 is 2.16 bits per heavy atom. The summed E-state index contributed by atoms with van der Waals surface area (Å²) in [7, 11) is 0. The normalized spacial score (nSPS) is 14.2. The molecule has 19 heavy (non-hydrogen) atoms. The molecule has 0 aromatic heterocycles. The van der Waals surface area contributed by atoms with Gasteiger partial charge in [-0.05, 0) is 48.2 Å². The van der Waals surface area contributed by atoms with E-state index in [4.69, 9.17) is 11.6 Å². The Balaban J connectivity index is 1.67. The fourth-order valence-electron chi connectivity index (χ4n) is 2.53. The van der Waals surface area contributed by atoms with Crippen LogP contribution in [0, 0.1) is 0 Å². The van der Waals surface area contributed by atoms with Gasteiger partial charge in [-0.15, -0.1) is 0 Å². The molecule has 3 rings (SSSR count). The predicted molar refractivity (Wildman–Crippen MR) is 76.6 cm³/mol. The highest BCUT2D eigenvalue weighted by Gasteiger charge is 2.22. The molecule has 3 heteroatoms. The van der Waals surface area contributed by atoms with E-state index in [1.807, 2.05) is 12.1 Å². The van der Waals surface area contributed by atoms with E-state index in [1.165, 1.54) is 11.1 Å². The summed E-state index contributed by atoms with van der Waals surface area (Å²) in [5.74, 6) is -0.0329. The van der Waals surface area contributed by atoms with Crippen molar-refractivity contribution in [1.29, 1.82) is 0 Å². The van der Waals surface area contributed by atoms with Crippen LogP contribution in [-0.2, 0) is 12.8 Å². The third kappa shape index (κ3) is 2.64. The summed E-state index contributed by atoms with van der Waals surface area (Å²) in [4.78, 5) is 12.1. The van der Waals surface area contributed by atoms with Gasteiger partial charge >= 0.3 is 0 Å². The molecule has 0 radical (unpaired) electrons. The van der Waals surface area contributed by atoms with Crippen molar-refractivity contribution in [3.05, 3.63) is 70.2 Å². The van der Waals surface area contributed by atoms with Crippen molar-refractivity contribution < 1.29 is 4.79 Å². The van der Waals surface area contributed by atoms with Gasteiger partial charge in [-0.3, -0.25) is 4.79 Å². The number of rotatable bonds is 2. The van der Waals surface area contributed by atoms with Crippen LogP contribution < -0.4 is 5.32 Å². The molecule has 0 saturated carbocycles. The molecular weight excluding hydrogens is 258 g/mol. The molecule has 0 spiro atoms. The van der Waals surface area contributed by atoms with E-state index in [1.54, 1.807) is 24.3 Å². The minimum atomic E-state index is -0.0329. The van der Waals surface area contributed by atoms with Crippen LogP contribution in [-0.4, -0.2) is 11.9 Å². The van der Waals surface area contributed by atoms with E-state index >= 15 is 0 Å². The summed E-state index contributed by atoms with van der Waals surface area (Å²) in [6.45, 7) is 0. The Labute approximate surface area is 117 Å². The average Bonchev–Trinajstić information content (AvgIpc) is 2.81. The maximum atomic E-state index is 12.1. The van der Waals surface area contributed by atoms with Crippen LogP contribution in [0.4, 0.5) is 0 Å². The first-order valence-electron chi connectivity index (χ1n) is 6.35.